The summed E-state index contributed by atoms with van der Waals surface area (Å²) in [7, 11) is 1.67. The molecule has 0 N–H and O–H groups in total. The van der Waals surface area contributed by atoms with E-state index in [4.69, 9.17) is 9.47 Å². The summed E-state index contributed by atoms with van der Waals surface area (Å²) in [5.41, 5.74) is 0. The van der Waals surface area contributed by atoms with Crippen LogP contribution < -0.4 is 0 Å². The first kappa shape index (κ1) is 11.9. The molecule has 12 heavy (non-hydrogen) atoms. The molecule has 0 spiro atoms. The van der Waals surface area contributed by atoms with Crippen LogP contribution in [0.25, 0.3) is 0 Å². The minimum absolute atomic E-state index is 0.0566. The van der Waals surface area contributed by atoms with E-state index in [1.165, 1.54) is 12.8 Å². The maximum absolute atomic E-state index is 5.39. The Kier molecular flexibility index (Phi) is 7.51. The first-order valence-electron chi connectivity index (χ1n) is 4.85. The number of rotatable bonds is 7. The Bertz CT molecular complexity index is 93.8. The Morgan fingerprint density at radius 3 is 2.33 bits per heavy atom. The molecule has 0 saturated carbocycles. The van der Waals surface area contributed by atoms with Gasteiger partial charge >= 0.3 is 0 Å². The van der Waals surface area contributed by atoms with Crippen molar-refractivity contribution in [2.75, 3.05) is 13.7 Å². The van der Waals surface area contributed by atoms with Crippen molar-refractivity contribution in [3.63, 3.8) is 0 Å². The lowest BCUT2D eigenvalue weighted by Crippen LogP contribution is -2.12. The summed E-state index contributed by atoms with van der Waals surface area (Å²) in [5.74, 6) is 0.777. The van der Waals surface area contributed by atoms with Crippen LogP contribution in [0.1, 0.15) is 40.0 Å². The highest BCUT2D eigenvalue weighted by Crippen LogP contribution is 2.10. The van der Waals surface area contributed by atoms with Crippen LogP contribution >= 0.6 is 0 Å². The predicted octanol–water partition coefficient (Wildman–Crippen LogP) is 2.82. The van der Waals surface area contributed by atoms with Crippen LogP contribution in [-0.4, -0.2) is 20.0 Å². The van der Waals surface area contributed by atoms with Crippen LogP contribution in [0.4, 0.5) is 0 Å². The maximum atomic E-state index is 5.39. The molecule has 0 aliphatic carbocycles. The average Bonchev–Trinajstić information content (AvgIpc) is 2.04. The summed E-state index contributed by atoms with van der Waals surface area (Å²) >= 11 is 0. The van der Waals surface area contributed by atoms with Gasteiger partial charge in [-0.2, -0.15) is 0 Å². The number of hydrogen-bond donors (Lipinski definition) is 0. The van der Waals surface area contributed by atoms with Gasteiger partial charge in [0, 0.05) is 13.7 Å². The summed E-state index contributed by atoms with van der Waals surface area (Å²) in [6.45, 7) is 7.22. The van der Waals surface area contributed by atoms with Crippen molar-refractivity contribution >= 4 is 0 Å². The van der Waals surface area contributed by atoms with Crippen LogP contribution in [0.15, 0.2) is 0 Å². The van der Waals surface area contributed by atoms with E-state index in [1.54, 1.807) is 7.11 Å². The SMILES string of the molecule is CCCC(C)CCOC(C)OC. The van der Waals surface area contributed by atoms with Crippen molar-refractivity contribution in [1.82, 2.24) is 0 Å². The number of hydrogen-bond acceptors (Lipinski definition) is 2. The number of ether oxygens (including phenoxy) is 2. The Hall–Kier alpha value is -0.0800. The van der Waals surface area contributed by atoms with E-state index in [2.05, 4.69) is 13.8 Å². The van der Waals surface area contributed by atoms with Gasteiger partial charge < -0.3 is 9.47 Å². The summed E-state index contributed by atoms with van der Waals surface area (Å²) in [6, 6.07) is 0. The zero-order valence-corrected chi connectivity index (χ0v) is 8.80. The molecule has 2 heteroatoms. The number of methoxy groups -OCH3 is 1. The molecule has 0 fully saturated rings. The molecule has 0 radical (unpaired) electrons. The second kappa shape index (κ2) is 7.56. The van der Waals surface area contributed by atoms with Gasteiger partial charge in [0.25, 0.3) is 0 Å². The molecule has 0 aromatic rings. The Morgan fingerprint density at radius 1 is 1.17 bits per heavy atom. The fourth-order valence-electron chi connectivity index (χ4n) is 1.14. The third-order valence-corrected chi connectivity index (χ3v) is 2.08. The van der Waals surface area contributed by atoms with Gasteiger partial charge in [-0.1, -0.05) is 26.7 Å². The van der Waals surface area contributed by atoms with E-state index in [-0.39, 0.29) is 6.29 Å². The van der Waals surface area contributed by atoms with Crippen LogP contribution in [0.3, 0.4) is 0 Å². The van der Waals surface area contributed by atoms with Crippen molar-refractivity contribution in [3.05, 3.63) is 0 Å². The van der Waals surface area contributed by atoms with E-state index in [0.717, 1.165) is 18.9 Å². The lowest BCUT2D eigenvalue weighted by molar-refractivity contribution is -0.113. The molecule has 0 aromatic carbocycles. The van der Waals surface area contributed by atoms with Gasteiger partial charge in [-0.25, -0.2) is 0 Å². The Balaban J connectivity index is 3.18. The highest BCUT2D eigenvalue weighted by molar-refractivity contribution is 4.50. The van der Waals surface area contributed by atoms with Gasteiger partial charge in [0.1, 0.15) is 0 Å². The second-order valence-corrected chi connectivity index (χ2v) is 3.36. The first-order valence-corrected chi connectivity index (χ1v) is 4.85. The molecule has 0 aliphatic heterocycles. The molecule has 0 aliphatic rings. The predicted molar refractivity (Wildman–Crippen MR) is 51.1 cm³/mol. The molecule has 2 atom stereocenters. The van der Waals surface area contributed by atoms with Crippen LogP contribution in [-0.2, 0) is 9.47 Å². The quantitative estimate of drug-likeness (QED) is 0.552. The van der Waals surface area contributed by atoms with Crippen molar-refractivity contribution in [1.29, 1.82) is 0 Å². The molecule has 0 saturated heterocycles. The lowest BCUT2D eigenvalue weighted by Gasteiger charge is -2.13. The van der Waals surface area contributed by atoms with Crippen molar-refractivity contribution in [2.45, 2.75) is 46.3 Å². The fraction of sp³-hybridized carbons (Fsp3) is 1.00. The van der Waals surface area contributed by atoms with Crippen LogP contribution in [0, 0.1) is 5.92 Å². The van der Waals surface area contributed by atoms with Crippen molar-refractivity contribution in [3.8, 4) is 0 Å². The topological polar surface area (TPSA) is 18.5 Å². The summed E-state index contributed by atoms with van der Waals surface area (Å²) in [5, 5.41) is 0. The zero-order chi connectivity index (χ0) is 9.40. The molecule has 0 rings (SSSR count). The van der Waals surface area contributed by atoms with E-state index >= 15 is 0 Å². The van der Waals surface area contributed by atoms with E-state index in [1.807, 2.05) is 6.92 Å². The van der Waals surface area contributed by atoms with E-state index in [0.29, 0.717) is 0 Å². The maximum Gasteiger partial charge on any atom is 0.154 e. The zero-order valence-electron chi connectivity index (χ0n) is 8.80. The van der Waals surface area contributed by atoms with Crippen molar-refractivity contribution < 1.29 is 9.47 Å². The molecular formula is C10H22O2. The average molecular weight is 174 g/mol. The fourth-order valence-corrected chi connectivity index (χ4v) is 1.14. The molecule has 0 aromatic heterocycles. The van der Waals surface area contributed by atoms with E-state index < -0.39 is 0 Å². The minimum Gasteiger partial charge on any atom is -0.356 e. The third-order valence-electron chi connectivity index (χ3n) is 2.08. The molecule has 2 nitrogen and oxygen atoms in total. The third kappa shape index (κ3) is 6.62. The Morgan fingerprint density at radius 2 is 1.83 bits per heavy atom. The first-order chi connectivity index (χ1) is 5.70. The van der Waals surface area contributed by atoms with Crippen LogP contribution in [0.2, 0.25) is 0 Å². The van der Waals surface area contributed by atoms with Gasteiger partial charge in [0.05, 0.1) is 0 Å². The molecule has 74 valence electrons. The monoisotopic (exact) mass is 174 g/mol. The van der Waals surface area contributed by atoms with Gasteiger partial charge in [-0.05, 0) is 19.3 Å². The largest absolute Gasteiger partial charge is 0.356 e. The summed E-state index contributed by atoms with van der Waals surface area (Å²) in [4.78, 5) is 0. The smallest absolute Gasteiger partial charge is 0.154 e. The molecule has 0 bridgehead atoms. The molecule has 0 heterocycles. The molecule has 0 amide bonds. The minimum atomic E-state index is -0.0566. The standard InChI is InChI=1S/C10H22O2/c1-5-6-9(2)7-8-12-10(3)11-4/h9-10H,5-8H2,1-4H3. The van der Waals surface area contributed by atoms with Gasteiger partial charge in [0.2, 0.25) is 0 Å². The Labute approximate surface area is 76.3 Å². The van der Waals surface area contributed by atoms with Crippen molar-refractivity contribution in [2.24, 2.45) is 5.92 Å². The highest BCUT2D eigenvalue weighted by Gasteiger charge is 2.02. The second-order valence-electron chi connectivity index (χ2n) is 3.36. The van der Waals surface area contributed by atoms with Gasteiger partial charge in [-0.15, -0.1) is 0 Å². The summed E-state index contributed by atoms with van der Waals surface area (Å²) < 4.78 is 10.4. The molecule has 2 unspecified atom stereocenters. The normalized spacial score (nSPS) is 16.0. The lowest BCUT2D eigenvalue weighted by atomic mass is 10.0. The van der Waals surface area contributed by atoms with Crippen LogP contribution in [0.5, 0.6) is 0 Å². The van der Waals surface area contributed by atoms with Gasteiger partial charge in [0.15, 0.2) is 6.29 Å². The highest BCUT2D eigenvalue weighted by atomic mass is 16.7. The summed E-state index contributed by atoms with van der Waals surface area (Å²) in [6.07, 6.45) is 3.65. The molecular weight excluding hydrogens is 152 g/mol. The van der Waals surface area contributed by atoms with E-state index in [9.17, 15) is 0 Å². The van der Waals surface area contributed by atoms with Gasteiger partial charge in [-0.3, -0.25) is 0 Å².